The van der Waals surface area contributed by atoms with Gasteiger partial charge in [-0.2, -0.15) is 0 Å². The Kier molecular flexibility index (Phi) is 1.25. The Bertz CT molecular complexity index is 322. The molecule has 11 heavy (non-hydrogen) atoms. The molecule has 1 heterocycles. The zero-order valence-corrected chi connectivity index (χ0v) is 6.35. The molecule has 0 fully saturated rings. The summed E-state index contributed by atoms with van der Waals surface area (Å²) in [6.07, 6.45) is 0. The first-order valence-corrected chi connectivity index (χ1v) is 3.65. The lowest BCUT2D eigenvalue weighted by atomic mass is 9.93. The molecule has 1 aromatic carbocycles. The second-order valence-corrected chi connectivity index (χ2v) is 2.84. The summed E-state index contributed by atoms with van der Waals surface area (Å²) < 4.78 is 0. The number of nitrogens with one attached hydrogen (secondary N) is 1. The molecule has 0 radical (unpaired) electrons. The molecule has 1 amide bonds. The van der Waals surface area contributed by atoms with Crippen molar-refractivity contribution in [1.29, 1.82) is 0 Å². The average Bonchev–Trinajstić information content (AvgIpc) is 2.32. The fourth-order valence-electron chi connectivity index (χ4n) is 1.36. The van der Waals surface area contributed by atoms with E-state index in [1.54, 1.807) is 0 Å². The van der Waals surface area contributed by atoms with E-state index in [9.17, 15) is 4.79 Å². The second-order valence-electron chi connectivity index (χ2n) is 2.84. The summed E-state index contributed by atoms with van der Waals surface area (Å²) in [5.74, 6) is 0.0556. The van der Waals surface area contributed by atoms with Crippen LogP contribution in [0, 0.1) is 0 Å². The van der Waals surface area contributed by atoms with Gasteiger partial charge in [-0.3, -0.25) is 4.79 Å². The average molecular weight is 145 g/mol. The smallest absolute Gasteiger partial charge is 0.251 e. The molecular weight excluding hydrogens is 137 g/mol. The first-order valence-electron chi connectivity index (χ1n) is 3.65. The van der Waals surface area contributed by atoms with E-state index in [2.05, 4.69) is 5.32 Å². The van der Waals surface area contributed by atoms with Crippen molar-refractivity contribution >= 4 is 19.2 Å². The van der Waals surface area contributed by atoms with Crippen LogP contribution in [0.25, 0.3) is 0 Å². The van der Waals surface area contributed by atoms with Gasteiger partial charge in [-0.25, -0.2) is 0 Å². The maximum atomic E-state index is 11.1. The minimum Gasteiger partial charge on any atom is -0.348 e. The minimum atomic E-state index is 0.0556. The van der Waals surface area contributed by atoms with Gasteiger partial charge in [-0.1, -0.05) is 17.6 Å². The van der Waals surface area contributed by atoms with Gasteiger partial charge < -0.3 is 5.32 Å². The van der Waals surface area contributed by atoms with Gasteiger partial charge >= 0.3 is 0 Å². The molecule has 0 saturated carbocycles. The van der Waals surface area contributed by atoms with Crippen LogP contribution in [0.4, 0.5) is 0 Å². The minimum absolute atomic E-state index is 0.0556. The van der Waals surface area contributed by atoms with Crippen molar-refractivity contribution in [3.8, 4) is 0 Å². The number of benzene rings is 1. The Hall–Kier alpha value is -1.25. The molecule has 0 spiro atoms. The molecule has 54 valence electrons. The lowest BCUT2D eigenvalue weighted by Gasteiger charge is -1.95. The highest BCUT2D eigenvalue weighted by Crippen LogP contribution is 2.12. The maximum Gasteiger partial charge on any atom is 0.251 e. The maximum absolute atomic E-state index is 11.1. The molecule has 1 aliphatic rings. The standard InChI is InChI=1S/C8H8BNO/c9-6-1-2-7-5(3-6)4-10-8(7)11/h1-3H,4,9H2,(H,10,11). The SMILES string of the molecule is Bc1ccc2c(c1)CNC2=O. The van der Waals surface area contributed by atoms with Crippen LogP contribution < -0.4 is 10.8 Å². The van der Waals surface area contributed by atoms with Crippen molar-refractivity contribution in [1.82, 2.24) is 5.32 Å². The molecule has 2 nitrogen and oxygen atoms in total. The van der Waals surface area contributed by atoms with Gasteiger partial charge in [0.05, 0.1) is 0 Å². The third-order valence-electron chi connectivity index (χ3n) is 1.94. The van der Waals surface area contributed by atoms with Gasteiger partial charge in [-0.15, -0.1) is 0 Å². The molecule has 0 bridgehead atoms. The first-order chi connectivity index (χ1) is 5.27. The Morgan fingerprint density at radius 2 is 2.27 bits per heavy atom. The number of fused-ring (bicyclic) bond motifs is 1. The van der Waals surface area contributed by atoms with E-state index in [1.807, 2.05) is 26.0 Å². The van der Waals surface area contributed by atoms with Crippen LogP contribution in [0.2, 0.25) is 0 Å². The van der Waals surface area contributed by atoms with Crippen LogP contribution in [0.1, 0.15) is 15.9 Å². The summed E-state index contributed by atoms with van der Waals surface area (Å²) in [7, 11) is 2.03. The third-order valence-corrected chi connectivity index (χ3v) is 1.94. The summed E-state index contributed by atoms with van der Waals surface area (Å²) in [5.41, 5.74) is 3.16. The largest absolute Gasteiger partial charge is 0.348 e. The normalized spacial score (nSPS) is 14.4. The van der Waals surface area contributed by atoms with E-state index in [-0.39, 0.29) is 5.91 Å². The molecule has 0 saturated heterocycles. The molecule has 2 rings (SSSR count). The van der Waals surface area contributed by atoms with Crippen LogP contribution in [0.5, 0.6) is 0 Å². The van der Waals surface area contributed by atoms with Gasteiger partial charge in [0.25, 0.3) is 5.91 Å². The fraction of sp³-hybridized carbons (Fsp3) is 0.125. The van der Waals surface area contributed by atoms with E-state index < -0.39 is 0 Å². The van der Waals surface area contributed by atoms with Gasteiger partial charge in [0.1, 0.15) is 7.85 Å². The Morgan fingerprint density at radius 1 is 1.45 bits per heavy atom. The first kappa shape index (κ1) is 6.46. The second kappa shape index (κ2) is 2.12. The Morgan fingerprint density at radius 3 is 3.09 bits per heavy atom. The van der Waals surface area contributed by atoms with Gasteiger partial charge in [-0.05, 0) is 11.6 Å². The zero-order valence-electron chi connectivity index (χ0n) is 6.35. The molecule has 0 atom stereocenters. The lowest BCUT2D eigenvalue weighted by Crippen LogP contribution is -2.12. The predicted molar refractivity (Wildman–Crippen MR) is 45.8 cm³/mol. The van der Waals surface area contributed by atoms with Crippen LogP contribution in [0.15, 0.2) is 18.2 Å². The lowest BCUT2D eigenvalue weighted by molar-refractivity contribution is 0.0966. The zero-order chi connectivity index (χ0) is 7.84. The molecule has 0 unspecified atom stereocenters. The van der Waals surface area contributed by atoms with Crippen molar-refractivity contribution in [3.63, 3.8) is 0 Å². The third kappa shape index (κ3) is 0.927. The van der Waals surface area contributed by atoms with E-state index in [0.29, 0.717) is 6.54 Å². The molecular formula is C8H8BNO. The fourth-order valence-corrected chi connectivity index (χ4v) is 1.36. The highest BCUT2D eigenvalue weighted by Gasteiger charge is 2.17. The molecule has 3 heteroatoms. The van der Waals surface area contributed by atoms with Crippen LogP contribution in [-0.4, -0.2) is 13.8 Å². The van der Waals surface area contributed by atoms with E-state index in [0.717, 1.165) is 11.1 Å². The molecule has 0 aromatic heterocycles. The summed E-state index contributed by atoms with van der Waals surface area (Å²) >= 11 is 0. The quantitative estimate of drug-likeness (QED) is 0.475. The number of hydrogen-bond donors (Lipinski definition) is 1. The van der Waals surface area contributed by atoms with Crippen LogP contribution in [0.3, 0.4) is 0 Å². The van der Waals surface area contributed by atoms with Crippen molar-refractivity contribution in [3.05, 3.63) is 29.3 Å². The predicted octanol–water partition coefficient (Wildman–Crippen LogP) is -0.812. The molecule has 1 N–H and O–H groups in total. The highest BCUT2D eigenvalue weighted by molar-refractivity contribution is 6.32. The summed E-state index contributed by atoms with van der Waals surface area (Å²) in [6, 6.07) is 5.89. The highest BCUT2D eigenvalue weighted by atomic mass is 16.1. The molecule has 0 aliphatic carbocycles. The topological polar surface area (TPSA) is 29.1 Å². The number of amides is 1. The molecule has 1 aromatic rings. The van der Waals surface area contributed by atoms with Gasteiger partial charge in [0.2, 0.25) is 0 Å². The van der Waals surface area contributed by atoms with E-state index >= 15 is 0 Å². The van der Waals surface area contributed by atoms with Crippen molar-refractivity contribution in [2.75, 3.05) is 0 Å². The summed E-state index contributed by atoms with van der Waals surface area (Å²) in [6.45, 7) is 0.690. The Labute approximate surface area is 66.0 Å². The van der Waals surface area contributed by atoms with E-state index in [4.69, 9.17) is 0 Å². The van der Waals surface area contributed by atoms with Crippen molar-refractivity contribution < 1.29 is 4.79 Å². The van der Waals surface area contributed by atoms with Gasteiger partial charge in [0.15, 0.2) is 0 Å². The monoisotopic (exact) mass is 145 g/mol. The summed E-state index contributed by atoms with van der Waals surface area (Å²) in [5, 5.41) is 2.77. The van der Waals surface area contributed by atoms with Crippen LogP contribution in [-0.2, 0) is 6.54 Å². The molecule has 1 aliphatic heterocycles. The van der Waals surface area contributed by atoms with Gasteiger partial charge in [0, 0.05) is 12.1 Å². The van der Waals surface area contributed by atoms with E-state index in [1.165, 1.54) is 5.46 Å². The van der Waals surface area contributed by atoms with Crippen molar-refractivity contribution in [2.45, 2.75) is 6.54 Å². The summed E-state index contributed by atoms with van der Waals surface area (Å²) in [4.78, 5) is 11.1. The number of hydrogen-bond acceptors (Lipinski definition) is 1. The number of rotatable bonds is 0. The number of carbonyl (C=O) groups is 1. The van der Waals surface area contributed by atoms with Crippen LogP contribution >= 0.6 is 0 Å². The Balaban J connectivity index is 2.59. The number of carbonyl (C=O) groups excluding carboxylic acids is 1. The van der Waals surface area contributed by atoms with Crippen molar-refractivity contribution in [2.24, 2.45) is 0 Å².